The summed E-state index contributed by atoms with van der Waals surface area (Å²) < 4.78 is 0. The average molecular weight is 200 g/mol. The molecule has 1 atom stereocenters. The predicted octanol–water partition coefficient (Wildman–Crippen LogP) is 0.0893. The molecule has 1 aliphatic rings. The second-order valence-corrected chi connectivity index (χ2v) is 3.65. The summed E-state index contributed by atoms with van der Waals surface area (Å²) in [6, 6.07) is -0.354. The second kappa shape index (κ2) is 3.96. The average Bonchev–Trinajstić information content (AvgIpc) is 2.37. The Bertz CT molecular complexity index is 254. The SMILES string of the molecule is CCC1(C)NC(=O)N(CCCO)C1=O. The van der Waals surface area contributed by atoms with Gasteiger partial charge in [0.2, 0.25) is 0 Å². The van der Waals surface area contributed by atoms with Gasteiger partial charge in [0.1, 0.15) is 5.54 Å². The topological polar surface area (TPSA) is 69.6 Å². The van der Waals surface area contributed by atoms with Crippen molar-refractivity contribution in [3.63, 3.8) is 0 Å². The molecule has 80 valence electrons. The lowest BCUT2D eigenvalue weighted by Crippen LogP contribution is -2.43. The number of hydrogen-bond acceptors (Lipinski definition) is 3. The number of nitrogens with one attached hydrogen (secondary N) is 1. The number of hydrogen-bond donors (Lipinski definition) is 2. The molecule has 0 spiro atoms. The number of carbonyl (C=O) groups excluding carboxylic acids is 2. The third-order valence-corrected chi connectivity index (χ3v) is 2.59. The number of imide groups is 1. The van der Waals surface area contributed by atoms with Crippen LogP contribution in [-0.2, 0) is 4.79 Å². The highest BCUT2D eigenvalue weighted by Gasteiger charge is 2.45. The van der Waals surface area contributed by atoms with E-state index in [-0.39, 0.29) is 25.1 Å². The van der Waals surface area contributed by atoms with Crippen molar-refractivity contribution in [3.05, 3.63) is 0 Å². The number of aliphatic hydroxyl groups is 1. The molecule has 1 rings (SSSR count). The summed E-state index contributed by atoms with van der Waals surface area (Å²) in [6.07, 6.45) is 1.01. The van der Waals surface area contributed by atoms with Crippen molar-refractivity contribution < 1.29 is 14.7 Å². The van der Waals surface area contributed by atoms with Crippen LogP contribution in [0.4, 0.5) is 4.79 Å². The highest BCUT2D eigenvalue weighted by molar-refractivity contribution is 6.06. The van der Waals surface area contributed by atoms with E-state index in [1.54, 1.807) is 6.92 Å². The number of nitrogens with zero attached hydrogens (tertiary/aromatic N) is 1. The Labute approximate surface area is 83.1 Å². The van der Waals surface area contributed by atoms with Crippen LogP contribution in [0.5, 0.6) is 0 Å². The van der Waals surface area contributed by atoms with Crippen LogP contribution >= 0.6 is 0 Å². The maximum atomic E-state index is 11.7. The Morgan fingerprint density at radius 3 is 2.57 bits per heavy atom. The number of amides is 3. The first-order chi connectivity index (χ1) is 6.55. The number of rotatable bonds is 4. The van der Waals surface area contributed by atoms with Crippen molar-refractivity contribution in [1.29, 1.82) is 0 Å². The summed E-state index contributed by atoms with van der Waals surface area (Å²) in [6.45, 7) is 3.84. The van der Waals surface area contributed by atoms with Gasteiger partial charge >= 0.3 is 6.03 Å². The first-order valence-electron chi connectivity index (χ1n) is 4.80. The smallest absolute Gasteiger partial charge is 0.325 e. The lowest BCUT2D eigenvalue weighted by molar-refractivity contribution is -0.130. The summed E-state index contributed by atoms with van der Waals surface area (Å²) in [4.78, 5) is 24.3. The zero-order chi connectivity index (χ0) is 10.8. The van der Waals surface area contributed by atoms with Crippen LogP contribution in [0.15, 0.2) is 0 Å². The summed E-state index contributed by atoms with van der Waals surface area (Å²) in [7, 11) is 0. The summed E-state index contributed by atoms with van der Waals surface area (Å²) >= 11 is 0. The molecule has 5 heteroatoms. The quantitative estimate of drug-likeness (QED) is 0.632. The molecule has 0 aromatic heterocycles. The van der Waals surface area contributed by atoms with Crippen LogP contribution in [-0.4, -0.2) is 40.6 Å². The van der Waals surface area contributed by atoms with Crippen LogP contribution in [0.3, 0.4) is 0 Å². The molecule has 0 radical (unpaired) electrons. The van der Waals surface area contributed by atoms with E-state index in [9.17, 15) is 9.59 Å². The van der Waals surface area contributed by atoms with E-state index in [1.165, 1.54) is 4.90 Å². The molecule has 1 aliphatic heterocycles. The van der Waals surface area contributed by atoms with Crippen molar-refractivity contribution in [2.75, 3.05) is 13.2 Å². The van der Waals surface area contributed by atoms with Crippen LogP contribution < -0.4 is 5.32 Å². The fourth-order valence-corrected chi connectivity index (χ4v) is 1.42. The first kappa shape index (κ1) is 11.0. The lowest BCUT2D eigenvalue weighted by atomic mass is 9.99. The molecule has 1 unspecified atom stereocenters. The van der Waals surface area contributed by atoms with E-state index in [2.05, 4.69) is 5.32 Å². The van der Waals surface area contributed by atoms with Gasteiger partial charge in [0, 0.05) is 13.2 Å². The van der Waals surface area contributed by atoms with Gasteiger partial charge in [-0.15, -0.1) is 0 Å². The van der Waals surface area contributed by atoms with Crippen LogP contribution in [0.25, 0.3) is 0 Å². The monoisotopic (exact) mass is 200 g/mol. The normalized spacial score (nSPS) is 26.9. The van der Waals surface area contributed by atoms with Gasteiger partial charge in [-0.2, -0.15) is 0 Å². The lowest BCUT2D eigenvalue weighted by Gasteiger charge is -2.18. The van der Waals surface area contributed by atoms with Gasteiger partial charge in [0.15, 0.2) is 0 Å². The van der Waals surface area contributed by atoms with E-state index in [0.717, 1.165) is 0 Å². The molecular formula is C9H16N2O3. The van der Waals surface area contributed by atoms with Crippen molar-refractivity contribution in [3.8, 4) is 0 Å². The fourth-order valence-electron chi connectivity index (χ4n) is 1.42. The molecule has 3 amide bonds. The Morgan fingerprint density at radius 1 is 1.50 bits per heavy atom. The maximum Gasteiger partial charge on any atom is 0.325 e. The second-order valence-electron chi connectivity index (χ2n) is 3.65. The van der Waals surface area contributed by atoms with Crippen LogP contribution in [0.1, 0.15) is 26.7 Å². The van der Waals surface area contributed by atoms with Gasteiger partial charge in [0.25, 0.3) is 5.91 Å². The third kappa shape index (κ3) is 1.72. The Hall–Kier alpha value is -1.10. The number of urea groups is 1. The van der Waals surface area contributed by atoms with Gasteiger partial charge in [-0.1, -0.05) is 6.92 Å². The maximum absolute atomic E-state index is 11.7. The molecule has 1 fully saturated rings. The molecule has 0 aliphatic carbocycles. The zero-order valence-corrected chi connectivity index (χ0v) is 8.54. The standard InChI is InChI=1S/C9H16N2O3/c1-3-9(2)7(13)11(5-4-6-12)8(14)10-9/h12H,3-6H2,1-2H3,(H,10,14). The minimum Gasteiger partial charge on any atom is -0.396 e. The van der Waals surface area contributed by atoms with Crippen molar-refractivity contribution in [1.82, 2.24) is 10.2 Å². The minimum absolute atomic E-state index is 0.0140. The molecule has 1 saturated heterocycles. The van der Waals surface area contributed by atoms with Gasteiger partial charge in [-0.3, -0.25) is 9.69 Å². The van der Waals surface area contributed by atoms with E-state index >= 15 is 0 Å². The Balaban J connectivity index is 2.70. The van der Waals surface area contributed by atoms with E-state index < -0.39 is 5.54 Å². The molecule has 0 aromatic rings. The predicted molar refractivity (Wildman–Crippen MR) is 50.6 cm³/mol. The number of carbonyl (C=O) groups is 2. The van der Waals surface area contributed by atoms with Gasteiger partial charge in [-0.05, 0) is 19.8 Å². The molecular weight excluding hydrogens is 184 g/mol. The number of aliphatic hydroxyl groups excluding tert-OH is 1. The first-order valence-corrected chi connectivity index (χ1v) is 4.80. The van der Waals surface area contributed by atoms with Gasteiger partial charge in [0.05, 0.1) is 0 Å². The highest BCUT2D eigenvalue weighted by Crippen LogP contribution is 2.20. The van der Waals surface area contributed by atoms with Crippen LogP contribution in [0.2, 0.25) is 0 Å². The van der Waals surface area contributed by atoms with Gasteiger partial charge < -0.3 is 10.4 Å². The summed E-state index contributed by atoms with van der Waals surface area (Å²) in [5, 5.41) is 11.3. The van der Waals surface area contributed by atoms with E-state index in [4.69, 9.17) is 5.11 Å². The Morgan fingerprint density at radius 2 is 2.14 bits per heavy atom. The molecule has 0 saturated carbocycles. The zero-order valence-electron chi connectivity index (χ0n) is 8.54. The largest absolute Gasteiger partial charge is 0.396 e. The molecule has 5 nitrogen and oxygen atoms in total. The van der Waals surface area contributed by atoms with Crippen LogP contribution in [0, 0.1) is 0 Å². The summed E-state index contributed by atoms with van der Waals surface area (Å²) in [5.74, 6) is -0.196. The van der Waals surface area contributed by atoms with Crippen molar-refractivity contribution in [2.24, 2.45) is 0 Å². The highest BCUT2D eigenvalue weighted by atomic mass is 16.3. The molecule has 14 heavy (non-hydrogen) atoms. The fraction of sp³-hybridized carbons (Fsp3) is 0.778. The van der Waals surface area contributed by atoms with E-state index in [1.807, 2.05) is 6.92 Å². The third-order valence-electron chi connectivity index (χ3n) is 2.59. The molecule has 0 bridgehead atoms. The minimum atomic E-state index is -0.757. The molecule has 0 aromatic carbocycles. The van der Waals surface area contributed by atoms with Crippen molar-refractivity contribution in [2.45, 2.75) is 32.2 Å². The molecule has 1 heterocycles. The molecule has 2 N–H and O–H groups in total. The Kier molecular flexibility index (Phi) is 3.10. The van der Waals surface area contributed by atoms with Gasteiger partial charge in [-0.25, -0.2) is 4.79 Å². The van der Waals surface area contributed by atoms with E-state index in [0.29, 0.717) is 12.8 Å². The van der Waals surface area contributed by atoms with Crippen molar-refractivity contribution >= 4 is 11.9 Å². The summed E-state index contributed by atoms with van der Waals surface area (Å²) in [5.41, 5.74) is -0.757.